The second-order valence-electron chi connectivity index (χ2n) is 5.36. The molecule has 0 fully saturated rings. The summed E-state index contributed by atoms with van der Waals surface area (Å²) in [6, 6.07) is 5.81. The Bertz CT molecular complexity index is 650. The van der Waals surface area contributed by atoms with E-state index in [1.165, 1.54) is 0 Å². The summed E-state index contributed by atoms with van der Waals surface area (Å²) in [5.74, 6) is 0.673. The minimum Gasteiger partial charge on any atom is -0.394 e. The minimum absolute atomic E-state index is 0.214. The van der Waals surface area contributed by atoms with Gasteiger partial charge in [-0.2, -0.15) is 0 Å². The van der Waals surface area contributed by atoms with Gasteiger partial charge in [0.15, 0.2) is 0 Å². The largest absolute Gasteiger partial charge is 0.394 e. The van der Waals surface area contributed by atoms with Gasteiger partial charge in [-0.1, -0.05) is 28.9 Å². The zero-order valence-electron chi connectivity index (χ0n) is 13.3. The van der Waals surface area contributed by atoms with Crippen LogP contribution in [0.1, 0.15) is 41.6 Å². The highest BCUT2D eigenvalue weighted by molar-refractivity contribution is 6.30. The summed E-state index contributed by atoms with van der Waals surface area (Å²) in [6.45, 7) is 5.26. The first kappa shape index (κ1) is 17.3. The van der Waals surface area contributed by atoms with Gasteiger partial charge in [0.25, 0.3) is 0 Å². The van der Waals surface area contributed by atoms with Crippen molar-refractivity contribution in [2.24, 2.45) is 0 Å². The van der Waals surface area contributed by atoms with Crippen LogP contribution in [0.4, 0.5) is 4.79 Å². The molecular formula is C16H20ClN3O3. The maximum absolute atomic E-state index is 12.2. The highest BCUT2D eigenvalue weighted by atomic mass is 35.5. The van der Waals surface area contributed by atoms with Crippen molar-refractivity contribution in [3.63, 3.8) is 0 Å². The van der Waals surface area contributed by atoms with Crippen molar-refractivity contribution in [2.75, 3.05) is 6.61 Å². The van der Waals surface area contributed by atoms with Gasteiger partial charge in [-0.15, -0.1) is 0 Å². The van der Waals surface area contributed by atoms with E-state index in [0.717, 1.165) is 16.8 Å². The average molecular weight is 338 g/mol. The van der Waals surface area contributed by atoms with Crippen molar-refractivity contribution >= 4 is 17.6 Å². The summed E-state index contributed by atoms with van der Waals surface area (Å²) in [5.41, 5.74) is 2.37. The molecule has 0 saturated carbocycles. The average Bonchev–Trinajstić information content (AvgIpc) is 2.85. The molecule has 2 aromatic rings. The molecule has 0 saturated heterocycles. The van der Waals surface area contributed by atoms with Crippen LogP contribution in [0, 0.1) is 13.8 Å². The zero-order chi connectivity index (χ0) is 17.0. The number of nitrogens with zero attached hydrogens (tertiary/aromatic N) is 1. The molecule has 2 atom stereocenters. The number of aromatic nitrogens is 1. The van der Waals surface area contributed by atoms with Gasteiger partial charge in [0.1, 0.15) is 5.76 Å². The predicted molar refractivity (Wildman–Crippen MR) is 87.3 cm³/mol. The number of carbonyl (C=O) groups is 1. The maximum atomic E-state index is 12.2. The van der Waals surface area contributed by atoms with E-state index in [4.69, 9.17) is 16.1 Å². The first-order valence-corrected chi connectivity index (χ1v) is 7.66. The molecule has 1 aromatic carbocycles. The van der Waals surface area contributed by atoms with E-state index in [0.29, 0.717) is 10.8 Å². The van der Waals surface area contributed by atoms with Gasteiger partial charge in [0.05, 0.1) is 24.4 Å². The lowest BCUT2D eigenvalue weighted by Crippen LogP contribution is -2.40. The molecule has 2 amide bonds. The molecule has 1 heterocycles. The number of aliphatic hydroxyl groups is 1. The Labute approximate surface area is 139 Å². The number of hydrogen-bond acceptors (Lipinski definition) is 4. The molecule has 23 heavy (non-hydrogen) atoms. The molecule has 124 valence electrons. The number of rotatable bonds is 5. The number of amides is 2. The molecular weight excluding hydrogens is 318 g/mol. The van der Waals surface area contributed by atoms with Crippen molar-refractivity contribution in [1.82, 2.24) is 15.8 Å². The summed E-state index contributed by atoms with van der Waals surface area (Å²) in [5, 5.41) is 19.5. The predicted octanol–water partition coefficient (Wildman–Crippen LogP) is 3.04. The Kier molecular flexibility index (Phi) is 5.63. The highest BCUT2D eigenvalue weighted by Gasteiger charge is 2.20. The fraction of sp³-hybridized carbons (Fsp3) is 0.375. The van der Waals surface area contributed by atoms with E-state index in [-0.39, 0.29) is 18.7 Å². The number of aryl methyl sites for hydroxylation is 2. The lowest BCUT2D eigenvalue weighted by Gasteiger charge is -2.20. The number of urea groups is 1. The topological polar surface area (TPSA) is 87.4 Å². The van der Waals surface area contributed by atoms with Crippen molar-refractivity contribution in [1.29, 1.82) is 0 Å². The van der Waals surface area contributed by atoms with Crippen LogP contribution in [-0.4, -0.2) is 22.9 Å². The number of aliphatic hydroxyl groups excluding tert-OH is 1. The van der Waals surface area contributed by atoms with Gasteiger partial charge in [0.2, 0.25) is 0 Å². The quantitative estimate of drug-likeness (QED) is 0.782. The molecule has 3 N–H and O–H groups in total. The van der Waals surface area contributed by atoms with Crippen LogP contribution in [0.2, 0.25) is 5.02 Å². The fourth-order valence-electron chi connectivity index (χ4n) is 2.51. The van der Waals surface area contributed by atoms with Crippen LogP contribution in [0.3, 0.4) is 0 Å². The molecule has 0 spiro atoms. The lowest BCUT2D eigenvalue weighted by atomic mass is 10.1. The Hall–Kier alpha value is -2.05. The maximum Gasteiger partial charge on any atom is 0.315 e. The third-order valence-electron chi connectivity index (χ3n) is 3.63. The first-order chi connectivity index (χ1) is 10.9. The molecule has 0 radical (unpaired) electrons. The van der Waals surface area contributed by atoms with Gasteiger partial charge < -0.3 is 20.3 Å². The molecule has 0 aliphatic heterocycles. The second-order valence-corrected chi connectivity index (χ2v) is 5.80. The zero-order valence-corrected chi connectivity index (χ0v) is 14.0. The molecule has 1 aromatic heterocycles. The Balaban J connectivity index is 2.01. The number of hydrogen-bond donors (Lipinski definition) is 3. The van der Waals surface area contributed by atoms with E-state index >= 15 is 0 Å². The SMILES string of the molecule is Cc1noc(C)c1C(C)NC(=O)NC(CO)c1ccc(Cl)cc1. The van der Waals surface area contributed by atoms with Gasteiger partial charge >= 0.3 is 6.03 Å². The minimum atomic E-state index is -0.510. The van der Waals surface area contributed by atoms with Crippen molar-refractivity contribution in [3.05, 3.63) is 51.9 Å². The van der Waals surface area contributed by atoms with Crippen LogP contribution in [-0.2, 0) is 0 Å². The van der Waals surface area contributed by atoms with E-state index in [9.17, 15) is 9.90 Å². The van der Waals surface area contributed by atoms with E-state index in [1.807, 2.05) is 13.8 Å². The first-order valence-electron chi connectivity index (χ1n) is 7.28. The Morgan fingerprint density at radius 3 is 2.48 bits per heavy atom. The van der Waals surface area contributed by atoms with Crippen molar-refractivity contribution in [2.45, 2.75) is 32.9 Å². The van der Waals surface area contributed by atoms with Crippen LogP contribution in [0.15, 0.2) is 28.8 Å². The molecule has 0 bridgehead atoms. The Morgan fingerprint density at radius 2 is 1.96 bits per heavy atom. The highest BCUT2D eigenvalue weighted by Crippen LogP contribution is 2.21. The van der Waals surface area contributed by atoms with Crippen LogP contribution in [0.25, 0.3) is 0 Å². The van der Waals surface area contributed by atoms with Crippen LogP contribution in [0.5, 0.6) is 0 Å². The summed E-state index contributed by atoms with van der Waals surface area (Å²) >= 11 is 5.84. The monoisotopic (exact) mass is 337 g/mol. The molecule has 6 nitrogen and oxygen atoms in total. The molecule has 2 rings (SSSR count). The van der Waals surface area contributed by atoms with Gasteiger partial charge in [0, 0.05) is 10.6 Å². The van der Waals surface area contributed by atoms with E-state index < -0.39 is 6.04 Å². The van der Waals surface area contributed by atoms with Crippen molar-refractivity contribution < 1.29 is 14.4 Å². The molecule has 0 aliphatic rings. The normalized spacial score (nSPS) is 13.4. The number of carbonyl (C=O) groups excluding carboxylic acids is 1. The van der Waals surface area contributed by atoms with Gasteiger partial charge in [-0.05, 0) is 38.5 Å². The molecule has 0 aliphatic carbocycles. The van der Waals surface area contributed by atoms with Crippen LogP contribution >= 0.6 is 11.6 Å². The third kappa shape index (κ3) is 4.24. The summed E-state index contributed by atoms with van der Waals surface area (Å²) < 4.78 is 5.11. The van der Waals surface area contributed by atoms with E-state index in [1.54, 1.807) is 31.2 Å². The van der Waals surface area contributed by atoms with Crippen molar-refractivity contribution in [3.8, 4) is 0 Å². The van der Waals surface area contributed by atoms with Gasteiger partial charge in [-0.3, -0.25) is 0 Å². The van der Waals surface area contributed by atoms with E-state index in [2.05, 4.69) is 15.8 Å². The second kappa shape index (κ2) is 7.48. The number of halogens is 1. The fourth-order valence-corrected chi connectivity index (χ4v) is 2.63. The number of nitrogens with one attached hydrogen (secondary N) is 2. The number of benzene rings is 1. The lowest BCUT2D eigenvalue weighted by molar-refractivity contribution is 0.214. The third-order valence-corrected chi connectivity index (χ3v) is 3.88. The smallest absolute Gasteiger partial charge is 0.315 e. The summed E-state index contributed by atoms with van der Waals surface area (Å²) in [6.07, 6.45) is 0. The standard InChI is InChI=1S/C16H20ClN3O3/c1-9(15-10(2)20-23-11(15)3)18-16(22)19-14(8-21)12-4-6-13(17)7-5-12/h4-7,9,14,21H,8H2,1-3H3,(H2,18,19,22). The molecule has 7 heteroatoms. The van der Waals surface area contributed by atoms with Gasteiger partial charge in [-0.25, -0.2) is 4.79 Å². The van der Waals surface area contributed by atoms with Crippen LogP contribution < -0.4 is 10.6 Å². The molecule has 2 unspecified atom stereocenters. The Morgan fingerprint density at radius 1 is 1.30 bits per heavy atom. The summed E-state index contributed by atoms with van der Waals surface area (Å²) in [7, 11) is 0. The summed E-state index contributed by atoms with van der Waals surface area (Å²) in [4.78, 5) is 12.2.